The van der Waals surface area contributed by atoms with Crippen LogP contribution < -0.4 is 0 Å². The molecule has 0 aromatic rings. The van der Waals surface area contributed by atoms with Crippen molar-refractivity contribution in [3.63, 3.8) is 0 Å². The van der Waals surface area contributed by atoms with Crippen molar-refractivity contribution in [2.45, 2.75) is 331 Å². The number of ketones is 1. The van der Waals surface area contributed by atoms with Gasteiger partial charge in [0.05, 0.1) is 12.9 Å². The number of rotatable bonds is 46. The van der Waals surface area contributed by atoms with Crippen LogP contribution in [0, 0.1) is 11.8 Å². The number of nitrogens with zero attached hydrogens (tertiary/aromatic N) is 2. The van der Waals surface area contributed by atoms with E-state index < -0.39 is 0 Å². The van der Waals surface area contributed by atoms with Crippen LogP contribution in [0.3, 0.4) is 0 Å². The molecule has 0 aliphatic carbocycles. The Hall–Kier alpha value is -1.36. The third-order valence-electron chi connectivity index (χ3n) is 13.9. The summed E-state index contributed by atoms with van der Waals surface area (Å²) in [4.78, 5) is 26.5. The van der Waals surface area contributed by atoms with Crippen molar-refractivity contribution in [3.05, 3.63) is 12.8 Å². The SMILES string of the molecule is C=COCC(CC)CCCCCC.CCC.CCCCCCCCCC(CCCCCCCCC(=O)CCC(CCCC)CCCCCC)N(C(=O)CCCCCCCC)N1CCCC1. The summed E-state index contributed by atoms with van der Waals surface area (Å²) in [5.41, 5.74) is 0. The largest absolute Gasteiger partial charge is 0.502 e. The van der Waals surface area contributed by atoms with Crippen LogP contribution in [0.5, 0.6) is 0 Å². The molecule has 1 aliphatic rings. The van der Waals surface area contributed by atoms with Crippen LogP contribution in [-0.4, -0.2) is 47.4 Å². The van der Waals surface area contributed by atoms with Gasteiger partial charge in [-0.2, -0.15) is 0 Å². The Kier molecular flexibility index (Phi) is 54.2. The Balaban J connectivity index is 0. The summed E-state index contributed by atoms with van der Waals surface area (Å²) in [5, 5.41) is 4.75. The van der Waals surface area contributed by atoms with Gasteiger partial charge in [-0.05, 0) is 63.2 Å². The molecular formula is C60H120N2O3. The minimum absolute atomic E-state index is 0.381. The topological polar surface area (TPSA) is 49.9 Å². The van der Waals surface area contributed by atoms with Gasteiger partial charge in [-0.15, -0.1) is 0 Å². The van der Waals surface area contributed by atoms with E-state index in [4.69, 9.17) is 4.74 Å². The van der Waals surface area contributed by atoms with Gasteiger partial charge >= 0.3 is 0 Å². The number of hydrazine groups is 1. The van der Waals surface area contributed by atoms with Crippen LogP contribution >= 0.6 is 0 Å². The molecule has 1 rings (SSSR count). The van der Waals surface area contributed by atoms with E-state index in [1.165, 1.54) is 225 Å². The smallest absolute Gasteiger partial charge is 0.237 e. The monoisotopic (exact) mass is 917 g/mol. The Morgan fingerprint density at radius 3 is 1.32 bits per heavy atom. The first kappa shape index (κ1) is 65.7. The first-order valence-corrected chi connectivity index (χ1v) is 29.6. The van der Waals surface area contributed by atoms with E-state index in [2.05, 4.69) is 72.0 Å². The number of ether oxygens (including phenoxy) is 1. The molecule has 1 saturated heterocycles. The van der Waals surface area contributed by atoms with E-state index >= 15 is 0 Å². The molecule has 388 valence electrons. The lowest BCUT2D eigenvalue weighted by Crippen LogP contribution is -2.51. The maximum atomic E-state index is 13.8. The first-order valence-electron chi connectivity index (χ1n) is 29.6. The van der Waals surface area contributed by atoms with Gasteiger partial charge in [-0.25, -0.2) is 5.01 Å². The van der Waals surface area contributed by atoms with Crippen molar-refractivity contribution < 1.29 is 14.3 Å². The van der Waals surface area contributed by atoms with E-state index in [-0.39, 0.29) is 0 Å². The van der Waals surface area contributed by atoms with Crippen LogP contribution in [0.15, 0.2) is 12.8 Å². The zero-order valence-electron chi connectivity index (χ0n) is 46.0. The lowest BCUT2D eigenvalue weighted by atomic mass is 9.90. The van der Waals surface area contributed by atoms with E-state index in [9.17, 15) is 9.59 Å². The average molecular weight is 918 g/mol. The number of amides is 1. The molecule has 65 heavy (non-hydrogen) atoms. The molecule has 3 unspecified atom stereocenters. The van der Waals surface area contributed by atoms with Crippen molar-refractivity contribution in [2.75, 3.05) is 19.7 Å². The van der Waals surface area contributed by atoms with Crippen LogP contribution in [0.4, 0.5) is 0 Å². The number of hydrogen-bond acceptors (Lipinski definition) is 4. The Labute approximate surface area is 410 Å². The maximum Gasteiger partial charge on any atom is 0.237 e. The number of carbonyl (C=O) groups excluding carboxylic acids is 2. The van der Waals surface area contributed by atoms with E-state index in [0.29, 0.717) is 17.7 Å². The van der Waals surface area contributed by atoms with Crippen LogP contribution in [-0.2, 0) is 14.3 Å². The standard InChI is InChI=1S/C45H88N2O2.C12H24O.C3H8/c1-5-9-13-16-18-21-26-34-43(47(46-40-30-31-41-46)45(49)37-29-24-17-14-10-6-2)35-27-22-19-20-23-28-36-44(48)39-38-42(32-12-8-4)33-25-15-11-7-3;1-4-7-8-9-10-12(5-2)11-13-6-3;1-3-2/h42-43H,5-41H2,1-4H3;6,12H,3-5,7-11H2,1-2H3;3H2,1-2H3. The van der Waals surface area contributed by atoms with Gasteiger partial charge in [0.1, 0.15) is 5.78 Å². The van der Waals surface area contributed by atoms with Crippen molar-refractivity contribution in [3.8, 4) is 0 Å². The highest BCUT2D eigenvalue weighted by Gasteiger charge is 2.30. The molecule has 0 bridgehead atoms. The molecule has 0 N–H and O–H groups in total. The van der Waals surface area contributed by atoms with Gasteiger partial charge < -0.3 is 4.74 Å². The van der Waals surface area contributed by atoms with Gasteiger partial charge in [-0.1, -0.05) is 261 Å². The number of carbonyl (C=O) groups is 2. The van der Waals surface area contributed by atoms with Crippen molar-refractivity contribution >= 4 is 11.7 Å². The Morgan fingerprint density at radius 1 is 0.477 bits per heavy atom. The molecule has 0 aromatic carbocycles. The predicted molar refractivity (Wildman–Crippen MR) is 290 cm³/mol. The number of unbranched alkanes of at least 4 members (excludes halogenated alkanes) is 23. The molecule has 1 aliphatic heterocycles. The summed E-state index contributed by atoms with van der Waals surface area (Å²) in [6.45, 7) is 24.4. The highest BCUT2D eigenvalue weighted by Crippen LogP contribution is 2.26. The molecule has 0 aromatic heterocycles. The summed E-state index contributed by atoms with van der Waals surface area (Å²) in [6, 6.07) is 0.381. The second-order valence-corrected chi connectivity index (χ2v) is 20.4. The van der Waals surface area contributed by atoms with Crippen molar-refractivity contribution in [1.82, 2.24) is 10.0 Å². The molecule has 1 amide bonds. The molecule has 3 atom stereocenters. The fourth-order valence-corrected chi connectivity index (χ4v) is 9.56. The molecule has 1 fully saturated rings. The highest BCUT2D eigenvalue weighted by atomic mass is 16.5. The molecule has 5 heteroatoms. The van der Waals surface area contributed by atoms with E-state index in [0.717, 1.165) is 76.5 Å². The molecule has 5 nitrogen and oxygen atoms in total. The quantitative estimate of drug-likeness (QED) is 0.0451. The fraction of sp³-hybridized carbons (Fsp3) is 0.933. The molecule has 0 saturated carbocycles. The predicted octanol–water partition coefficient (Wildman–Crippen LogP) is 19.9. The van der Waals surface area contributed by atoms with Crippen LogP contribution in [0.25, 0.3) is 0 Å². The van der Waals surface area contributed by atoms with E-state index in [1.54, 1.807) is 6.26 Å². The van der Waals surface area contributed by atoms with E-state index in [1.807, 2.05) is 0 Å². The molecule has 1 heterocycles. The second kappa shape index (κ2) is 53.6. The Bertz CT molecular complexity index is 964. The third kappa shape index (κ3) is 43.7. The average Bonchev–Trinajstić information content (AvgIpc) is 3.84. The number of hydrogen-bond donors (Lipinski definition) is 0. The minimum Gasteiger partial charge on any atom is -0.502 e. The zero-order valence-corrected chi connectivity index (χ0v) is 46.0. The van der Waals surface area contributed by atoms with Gasteiger partial charge in [0.25, 0.3) is 0 Å². The third-order valence-corrected chi connectivity index (χ3v) is 13.9. The highest BCUT2D eigenvalue weighted by molar-refractivity contribution is 5.78. The zero-order chi connectivity index (χ0) is 48.3. The van der Waals surface area contributed by atoms with Crippen molar-refractivity contribution in [1.29, 1.82) is 0 Å². The molecular weight excluding hydrogens is 797 g/mol. The first-order chi connectivity index (χ1) is 31.8. The summed E-state index contributed by atoms with van der Waals surface area (Å²) in [6.07, 6.45) is 53.7. The van der Waals surface area contributed by atoms with Gasteiger partial charge in [0, 0.05) is 38.4 Å². The van der Waals surface area contributed by atoms with Gasteiger partial charge in [-0.3, -0.25) is 14.6 Å². The summed E-state index contributed by atoms with van der Waals surface area (Å²) < 4.78 is 5.21. The summed E-state index contributed by atoms with van der Waals surface area (Å²) >= 11 is 0. The summed E-state index contributed by atoms with van der Waals surface area (Å²) in [5.74, 6) is 2.41. The lowest BCUT2D eigenvalue weighted by molar-refractivity contribution is -0.154. The Morgan fingerprint density at radius 2 is 0.862 bits per heavy atom. The fourth-order valence-electron chi connectivity index (χ4n) is 9.56. The summed E-state index contributed by atoms with van der Waals surface area (Å²) in [7, 11) is 0. The second-order valence-electron chi connectivity index (χ2n) is 20.4. The van der Waals surface area contributed by atoms with Crippen LogP contribution in [0.2, 0.25) is 0 Å². The molecule has 0 spiro atoms. The van der Waals surface area contributed by atoms with Gasteiger partial charge in [0.15, 0.2) is 0 Å². The number of Topliss-reactive ketones (excluding diaryl/α,β-unsaturated/α-hetero) is 1. The normalized spacial score (nSPS) is 13.9. The lowest BCUT2D eigenvalue weighted by Gasteiger charge is -2.39. The van der Waals surface area contributed by atoms with Crippen LogP contribution in [0.1, 0.15) is 325 Å². The minimum atomic E-state index is 0.381. The van der Waals surface area contributed by atoms with Crippen molar-refractivity contribution in [2.24, 2.45) is 11.8 Å². The maximum absolute atomic E-state index is 13.8. The molecule has 0 radical (unpaired) electrons. The van der Waals surface area contributed by atoms with Gasteiger partial charge in [0.2, 0.25) is 5.91 Å².